The molecule has 1 heterocycles. The second kappa shape index (κ2) is 7.15. The predicted octanol–water partition coefficient (Wildman–Crippen LogP) is 7.62. The van der Waals surface area contributed by atoms with Crippen molar-refractivity contribution in [2.75, 3.05) is 0 Å². The van der Waals surface area contributed by atoms with Crippen LogP contribution in [0.1, 0.15) is 31.9 Å². The Morgan fingerprint density at radius 3 is 2.06 bits per heavy atom. The van der Waals surface area contributed by atoms with Crippen LogP contribution >= 0.6 is 0 Å². The van der Waals surface area contributed by atoms with Crippen LogP contribution in [0.5, 0.6) is 0 Å². The van der Waals surface area contributed by atoms with Gasteiger partial charge in [-0.3, -0.25) is 0 Å². The van der Waals surface area contributed by atoms with Gasteiger partial charge >= 0.3 is 0 Å². The van der Waals surface area contributed by atoms with Crippen LogP contribution in [-0.4, -0.2) is 4.57 Å². The minimum absolute atomic E-state index is 0.102. The molecule has 0 amide bonds. The standard InChI is InChI=1S/C29H24N2/c1-29(2,3)23-9-7-8-21(17-23)22-13-15-28-26(18-22)25-16-20(19-30)12-14-27(25)31(28)24-10-5-4-6-11-24/h4-18H,1-3H3. The fourth-order valence-corrected chi connectivity index (χ4v) is 4.29. The number of benzene rings is 4. The second-order valence-electron chi connectivity index (χ2n) is 9.08. The van der Waals surface area contributed by atoms with Crippen LogP contribution < -0.4 is 0 Å². The molecule has 0 saturated heterocycles. The summed E-state index contributed by atoms with van der Waals surface area (Å²) in [6, 6.07) is 34.1. The van der Waals surface area contributed by atoms with E-state index in [2.05, 4.69) is 104 Å². The molecule has 4 aromatic carbocycles. The van der Waals surface area contributed by atoms with Crippen LogP contribution in [0.4, 0.5) is 0 Å². The fraction of sp³-hybridized carbons (Fsp3) is 0.138. The molecule has 0 saturated carbocycles. The van der Waals surface area contributed by atoms with E-state index in [9.17, 15) is 5.26 Å². The summed E-state index contributed by atoms with van der Waals surface area (Å²) in [7, 11) is 0. The molecule has 31 heavy (non-hydrogen) atoms. The van der Waals surface area contributed by atoms with Gasteiger partial charge in [0.1, 0.15) is 0 Å². The topological polar surface area (TPSA) is 28.7 Å². The van der Waals surface area contributed by atoms with E-state index in [0.717, 1.165) is 27.5 Å². The molecule has 0 atom stereocenters. The molecule has 0 aliphatic carbocycles. The Labute approximate surface area is 183 Å². The van der Waals surface area contributed by atoms with Crippen molar-refractivity contribution in [2.24, 2.45) is 0 Å². The fourth-order valence-electron chi connectivity index (χ4n) is 4.29. The molecular weight excluding hydrogens is 376 g/mol. The van der Waals surface area contributed by atoms with Gasteiger partial charge < -0.3 is 4.57 Å². The lowest BCUT2D eigenvalue weighted by Crippen LogP contribution is -2.10. The van der Waals surface area contributed by atoms with Crippen molar-refractivity contribution in [3.8, 4) is 22.9 Å². The minimum Gasteiger partial charge on any atom is -0.309 e. The lowest BCUT2D eigenvalue weighted by Gasteiger charge is -2.20. The summed E-state index contributed by atoms with van der Waals surface area (Å²) >= 11 is 0. The summed E-state index contributed by atoms with van der Waals surface area (Å²) in [4.78, 5) is 0. The third-order valence-corrected chi connectivity index (χ3v) is 5.97. The Kier molecular flexibility index (Phi) is 4.41. The van der Waals surface area contributed by atoms with Crippen molar-refractivity contribution in [2.45, 2.75) is 26.2 Å². The second-order valence-corrected chi connectivity index (χ2v) is 9.08. The number of nitriles is 1. The van der Waals surface area contributed by atoms with Gasteiger partial charge in [-0.25, -0.2) is 0 Å². The van der Waals surface area contributed by atoms with Gasteiger partial charge in [-0.15, -0.1) is 0 Å². The maximum Gasteiger partial charge on any atom is 0.0991 e. The normalized spacial score (nSPS) is 11.7. The van der Waals surface area contributed by atoms with E-state index in [1.807, 2.05) is 18.2 Å². The van der Waals surface area contributed by atoms with Crippen LogP contribution in [-0.2, 0) is 5.41 Å². The van der Waals surface area contributed by atoms with Crippen molar-refractivity contribution >= 4 is 21.8 Å². The molecule has 2 heteroatoms. The number of rotatable bonds is 2. The first-order chi connectivity index (χ1) is 15.0. The van der Waals surface area contributed by atoms with Crippen LogP contribution in [0.15, 0.2) is 91.0 Å². The summed E-state index contributed by atoms with van der Waals surface area (Å²) in [6.07, 6.45) is 0. The Morgan fingerprint density at radius 1 is 0.677 bits per heavy atom. The lowest BCUT2D eigenvalue weighted by molar-refractivity contribution is 0.590. The number of nitrogens with zero attached hydrogens (tertiary/aromatic N) is 2. The number of fused-ring (bicyclic) bond motifs is 3. The average Bonchev–Trinajstić information content (AvgIpc) is 3.12. The molecule has 1 aromatic heterocycles. The van der Waals surface area contributed by atoms with Gasteiger partial charge in [0.05, 0.1) is 22.7 Å². The molecule has 0 bridgehead atoms. The Balaban J connectivity index is 1.80. The summed E-state index contributed by atoms with van der Waals surface area (Å²) in [5.41, 5.74) is 7.88. The van der Waals surface area contributed by atoms with Gasteiger partial charge in [-0.1, -0.05) is 69.3 Å². The van der Waals surface area contributed by atoms with Crippen LogP contribution in [0.2, 0.25) is 0 Å². The van der Waals surface area contributed by atoms with E-state index < -0.39 is 0 Å². The monoisotopic (exact) mass is 400 g/mol. The summed E-state index contributed by atoms with van der Waals surface area (Å²) in [6.45, 7) is 6.73. The average molecular weight is 401 g/mol. The van der Waals surface area contributed by atoms with E-state index >= 15 is 0 Å². The van der Waals surface area contributed by atoms with Crippen molar-refractivity contribution in [1.82, 2.24) is 4.57 Å². The summed E-state index contributed by atoms with van der Waals surface area (Å²) in [5, 5.41) is 11.7. The van der Waals surface area contributed by atoms with Crippen molar-refractivity contribution in [3.63, 3.8) is 0 Å². The lowest BCUT2D eigenvalue weighted by atomic mass is 9.85. The van der Waals surface area contributed by atoms with Gasteiger partial charge in [0.2, 0.25) is 0 Å². The zero-order chi connectivity index (χ0) is 21.6. The number of aromatic nitrogens is 1. The van der Waals surface area contributed by atoms with Gasteiger partial charge in [0.15, 0.2) is 0 Å². The van der Waals surface area contributed by atoms with Crippen LogP contribution in [0.25, 0.3) is 38.6 Å². The first-order valence-electron chi connectivity index (χ1n) is 10.6. The Morgan fingerprint density at radius 2 is 1.35 bits per heavy atom. The zero-order valence-corrected chi connectivity index (χ0v) is 18.1. The first kappa shape index (κ1) is 19.2. The number of hydrogen-bond acceptors (Lipinski definition) is 1. The quantitative estimate of drug-likeness (QED) is 0.299. The largest absolute Gasteiger partial charge is 0.309 e. The third-order valence-electron chi connectivity index (χ3n) is 5.97. The highest BCUT2D eigenvalue weighted by molar-refractivity contribution is 6.10. The van der Waals surface area contributed by atoms with Gasteiger partial charge in [0.25, 0.3) is 0 Å². The van der Waals surface area contributed by atoms with Crippen molar-refractivity contribution < 1.29 is 0 Å². The van der Waals surface area contributed by atoms with Crippen molar-refractivity contribution in [1.29, 1.82) is 5.26 Å². The van der Waals surface area contributed by atoms with Crippen molar-refractivity contribution in [3.05, 3.63) is 102 Å². The molecule has 0 spiro atoms. The van der Waals surface area contributed by atoms with Crippen LogP contribution in [0.3, 0.4) is 0 Å². The molecule has 0 unspecified atom stereocenters. The van der Waals surface area contributed by atoms with Gasteiger partial charge in [-0.2, -0.15) is 5.26 Å². The molecule has 0 radical (unpaired) electrons. The molecule has 5 aromatic rings. The minimum atomic E-state index is 0.102. The number of para-hydroxylation sites is 1. The summed E-state index contributed by atoms with van der Waals surface area (Å²) < 4.78 is 2.28. The highest BCUT2D eigenvalue weighted by atomic mass is 15.0. The smallest absolute Gasteiger partial charge is 0.0991 e. The third kappa shape index (κ3) is 3.29. The van der Waals surface area contributed by atoms with E-state index in [0.29, 0.717) is 5.56 Å². The van der Waals surface area contributed by atoms with E-state index in [1.165, 1.54) is 16.7 Å². The predicted molar refractivity (Wildman–Crippen MR) is 130 cm³/mol. The molecule has 150 valence electrons. The highest BCUT2D eigenvalue weighted by Crippen LogP contribution is 2.36. The Hall–Kier alpha value is -3.83. The molecular formula is C29H24N2. The highest BCUT2D eigenvalue weighted by Gasteiger charge is 2.16. The van der Waals surface area contributed by atoms with E-state index in [-0.39, 0.29) is 5.41 Å². The molecule has 0 aliphatic heterocycles. The van der Waals surface area contributed by atoms with Gasteiger partial charge in [0, 0.05) is 16.5 Å². The molecule has 0 aliphatic rings. The molecule has 0 fully saturated rings. The first-order valence-corrected chi connectivity index (χ1v) is 10.6. The van der Waals surface area contributed by atoms with Gasteiger partial charge in [-0.05, 0) is 64.6 Å². The molecule has 0 N–H and O–H groups in total. The SMILES string of the molecule is CC(C)(C)c1cccc(-c2ccc3c(c2)c2cc(C#N)ccc2n3-c2ccccc2)c1. The van der Waals surface area contributed by atoms with Crippen LogP contribution in [0, 0.1) is 11.3 Å². The van der Waals surface area contributed by atoms with E-state index in [1.54, 1.807) is 0 Å². The number of hydrogen-bond donors (Lipinski definition) is 0. The Bertz CT molecular complexity index is 1460. The zero-order valence-electron chi connectivity index (χ0n) is 18.1. The maximum absolute atomic E-state index is 9.48. The summed E-state index contributed by atoms with van der Waals surface area (Å²) in [5.74, 6) is 0. The van der Waals surface area contributed by atoms with E-state index in [4.69, 9.17) is 0 Å². The molecule has 5 rings (SSSR count). The maximum atomic E-state index is 9.48. The molecule has 2 nitrogen and oxygen atoms in total.